The van der Waals surface area contributed by atoms with Gasteiger partial charge >= 0.3 is 0 Å². The van der Waals surface area contributed by atoms with Crippen LogP contribution in [0.2, 0.25) is 0 Å². The molecule has 24 heavy (non-hydrogen) atoms. The highest BCUT2D eigenvalue weighted by atomic mass is 35.5. The summed E-state index contributed by atoms with van der Waals surface area (Å²) >= 11 is 1.48. The average molecular weight is 370 g/mol. The number of ether oxygens (including phenoxy) is 1. The zero-order valence-corrected chi connectivity index (χ0v) is 15.6. The first-order chi connectivity index (χ1) is 11.1. The molecular weight excluding hydrogens is 346 g/mol. The summed E-state index contributed by atoms with van der Waals surface area (Å²) in [6.07, 6.45) is 1.59. The Morgan fingerprint density at radius 1 is 1.38 bits per heavy atom. The van der Waals surface area contributed by atoms with Crippen LogP contribution in [0.1, 0.15) is 40.3 Å². The van der Waals surface area contributed by atoms with Gasteiger partial charge in [0.1, 0.15) is 11.4 Å². The fourth-order valence-corrected chi connectivity index (χ4v) is 3.04. The lowest BCUT2D eigenvalue weighted by atomic mass is 9.98. The number of nitrogens with zero attached hydrogens (tertiary/aromatic N) is 1. The third-order valence-electron chi connectivity index (χ3n) is 3.69. The molecule has 1 amide bonds. The van der Waals surface area contributed by atoms with Gasteiger partial charge in [0, 0.05) is 18.3 Å². The van der Waals surface area contributed by atoms with Crippen molar-refractivity contribution in [2.75, 3.05) is 20.2 Å². The van der Waals surface area contributed by atoms with Crippen molar-refractivity contribution in [1.82, 2.24) is 10.3 Å². The smallest absolute Gasteiger partial charge is 0.270 e. The molecule has 3 N–H and O–H groups in total. The Balaban J connectivity index is 0.00000288. The summed E-state index contributed by atoms with van der Waals surface area (Å²) in [5, 5.41) is 5.62. The highest BCUT2D eigenvalue weighted by Gasteiger charge is 2.11. The molecule has 0 aliphatic carbocycles. The minimum Gasteiger partial charge on any atom is -0.497 e. The van der Waals surface area contributed by atoms with Gasteiger partial charge < -0.3 is 15.8 Å². The molecule has 0 radical (unpaired) electrons. The number of carbonyl (C=O) groups is 1. The molecule has 5 nitrogen and oxygen atoms in total. The second-order valence-electron chi connectivity index (χ2n) is 5.38. The molecule has 0 spiro atoms. The van der Waals surface area contributed by atoms with Crippen LogP contribution in [0.3, 0.4) is 0 Å². The van der Waals surface area contributed by atoms with Gasteiger partial charge in [-0.15, -0.1) is 23.7 Å². The fourth-order valence-electron chi connectivity index (χ4n) is 2.25. The lowest BCUT2D eigenvalue weighted by molar-refractivity contribution is 0.0948. The monoisotopic (exact) mass is 369 g/mol. The number of hydrogen-bond donors (Lipinski definition) is 2. The van der Waals surface area contributed by atoms with Gasteiger partial charge in [-0.1, -0.05) is 19.1 Å². The Kier molecular flexibility index (Phi) is 8.74. The number of nitrogens with one attached hydrogen (secondary N) is 1. The van der Waals surface area contributed by atoms with Crippen molar-refractivity contribution in [3.63, 3.8) is 0 Å². The molecule has 2 aromatic rings. The van der Waals surface area contributed by atoms with Crippen LogP contribution in [0.4, 0.5) is 0 Å². The van der Waals surface area contributed by atoms with Crippen molar-refractivity contribution in [2.24, 2.45) is 5.73 Å². The predicted octanol–water partition coefficient (Wildman–Crippen LogP) is 3.00. The van der Waals surface area contributed by atoms with Gasteiger partial charge in [-0.2, -0.15) is 0 Å². The normalized spacial score (nSPS) is 11.5. The van der Waals surface area contributed by atoms with Crippen LogP contribution in [-0.2, 0) is 6.42 Å². The van der Waals surface area contributed by atoms with E-state index in [0.717, 1.165) is 17.2 Å². The number of nitrogens with two attached hydrogens (primary N) is 1. The molecule has 132 valence electrons. The van der Waals surface area contributed by atoms with Gasteiger partial charge in [0.15, 0.2) is 0 Å². The average Bonchev–Trinajstić information content (AvgIpc) is 3.04. The van der Waals surface area contributed by atoms with E-state index < -0.39 is 0 Å². The maximum Gasteiger partial charge on any atom is 0.270 e. The molecule has 7 heteroatoms. The maximum absolute atomic E-state index is 12.0. The van der Waals surface area contributed by atoms with Gasteiger partial charge in [0.25, 0.3) is 5.91 Å². The molecule has 0 saturated heterocycles. The Morgan fingerprint density at radius 2 is 2.08 bits per heavy atom. The van der Waals surface area contributed by atoms with Gasteiger partial charge in [0.05, 0.1) is 12.1 Å². The van der Waals surface area contributed by atoms with Gasteiger partial charge in [0.2, 0.25) is 0 Å². The molecule has 0 bridgehead atoms. The molecule has 1 heterocycles. The number of halogens is 1. The third-order valence-corrected chi connectivity index (χ3v) is 4.60. The van der Waals surface area contributed by atoms with E-state index in [1.54, 1.807) is 12.5 Å². The zero-order valence-electron chi connectivity index (χ0n) is 14.0. The first kappa shape index (κ1) is 20.4. The van der Waals surface area contributed by atoms with Crippen molar-refractivity contribution >= 4 is 29.7 Å². The molecule has 0 aliphatic rings. The van der Waals surface area contributed by atoms with E-state index in [4.69, 9.17) is 10.5 Å². The summed E-state index contributed by atoms with van der Waals surface area (Å²) in [5.74, 6) is 1.10. The van der Waals surface area contributed by atoms with Crippen LogP contribution < -0.4 is 15.8 Å². The second kappa shape index (κ2) is 10.3. The maximum atomic E-state index is 12.0. The van der Waals surface area contributed by atoms with E-state index in [1.165, 1.54) is 16.9 Å². The van der Waals surface area contributed by atoms with Gasteiger partial charge in [-0.05, 0) is 36.6 Å². The van der Waals surface area contributed by atoms with Crippen LogP contribution in [0.15, 0.2) is 29.6 Å². The van der Waals surface area contributed by atoms with Crippen LogP contribution in [0.25, 0.3) is 0 Å². The largest absolute Gasteiger partial charge is 0.497 e. The Labute approximate surface area is 153 Å². The van der Waals surface area contributed by atoms with Gasteiger partial charge in [-0.25, -0.2) is 4.98 Å². The Hall–Kier alpha value is -1.63. The van der Waals surface area contributed by atoms with E-state index >= 15 is 0 Å². The lowest BCUT2D eigenvalue weighted by Crippen LogP contribution is -2.25. The van der Waals surface area contributed by atoms with Crippen LogP contribution in [-0.4, -0.2) is 31.1 Å². The van der Waals surface area contributed by atoms with E-state index in [2.05, 4.69) is 29.4 Å². The molecule has 2 rings (SSSR count). The highest BCUT2D eigenvalue weighted by molar-refractivity contribution is 7.09. The minimum atomic E-state index is -0.119. The van der Waals surface area contributed by atoms with Gasteiger partial charge in [-0.3, -0.25) is 4.79 Å². The quantitative estimate of drug-likeness (QED) is 0.749. The number of hydrogen-bond acceptors (Lipinski definition) is 5. The molecule has 1 atom stereocenters. The third kappa shape index (κ3) is 5.78. The summed E-state index contributed by atoms with van der Waals surface area (Å²) in [6.45, 7) is 3.32. The van der Waals surface area contributed by atoms with Crippen molar-refractivity contribution < 1.29 is 9.53 Å². The first-order valence-electron chi connectivity index (χ1n) is 7.70. The topological polar surface area (TPSA) is 77.2 Å². The number of methoxy groups -OCH3 is 1. The molecule has 1 unspecified atom stereocenters. The Bertz CT molecular complexity index is 631. The van der Waals surface area contributed by atoms with E-state index in [-0.39, 0.29) is 18.3 Å². The van der Waals surface area contributed by atoms with Crippen molar-refractivity contribution in [1.29, 1.82) is 0 Å². The molecule has 0 fully saturated rings. The van der Waals surface area contributed by atoms with Crippen molar-refractivity contribution in [2.45, 2.75) is 25.7 Å². The first-order valence-corrected chi connectivity index (χ1v) is 8.58. The van der Waals surface area contributed by atoms with E-state index in [0.29, 0.717) is 31.1 Å². The van der Waals surface area contributed by atoms with E-state index in [9.17, 15) is 4.79 Å². The molecule has 0 aliphatic heterocycles. The predicted molar refractivity (Wildman–Crippen MR) is 100 cm³/mol. The van der Waals surface area contributed by atoms with Crippen molar-refractivity contribution in [3.05, 3.63) is 45.9 Å². The standard InChI is InChI=1S/C17H23N3O2S.ClH/c1-12(13-3-5-14(22-2)6-4-13)8-10-19-17(21)15-11-23-16(20-15)7-9-18;/h3-6,11-12H,7-10,18H2,1-2H3,(H,19,21);1H. The van der Waals surface area contributed by atoms with Crippen LogP contribution >= 0.6 is 23.7 Å². The molecular formula is C17H24ClN3O2S. The summed E-state index contributed by atoms with van der Waals surface area (Å²) in [5.41, 5.74) is 7.21. The number of aromatic nitrogens is 1. The zero-order chi connectivity index (χ0) is 16.7. The summed E-state index contributed by atoms with van der Waals surface area (Å²) in [6, 6.07) is 8.03. The van der Waals surface area contributed by atoms with Crippen LogP contribution in [0, 0.1) is 0 Å². The minimum absolute atomic E-state index is 0. The molecule has 1 aromatic heterocycles. The second-order valence-corrected chi connectivity index (χ2v) is 6.33. The van der Waals surface area contributed by atoms with E-state index in [1.807, 2.05) is 12.1 Å². The van der Waals surface area contributed by atoms with Crippen molar-refractivity contribution in [3.8, 4) is 5.75 Å². The number of rotatable bonds is 8. The highest BCUT2D eigenvalue weighted by Crippen LogP contribution is 2.21. The SMILES string of the molecule is COc1ccc(C(C)CCNC(=O)c2csc(CCN)n2)cc1.Cl. The number of benzene rings is 1. The molecule has 1 aromatic carbocycles. The van der Waals surface area contributed by atoms with Crippen LogP contribution in [0.5, 0.6) is 5.75 Å². The number of thiazole rings is 1. The number of carbonyl (C=O) groups excluding carboxylic acids is 1. The number of amides is 1. The lowest BCUT2D eigenvalue weighted by Gasteiger charge is -2.12. The fraction of sp³-hybridized carbons (Fsp3) is 0.412. The summed E-state index contributed by atoms with van der Waals surface area (Å²) < 4.78 is 5.16. The Morgan fingerprint density at radius 3 is 2.71 bits per heavy atom. The summed E-state index contributed by atoms with van der Waals surface area (Å²) in [7, 11) is 1.66. The summed E-state index contributed by atoms with van der Waals surface area (Å²) in [4.78, 5) is 16.3. The molecule has 0 saturated carbocycles.